The van der Waals surface area contributed by atoms with Gasteiger partial charge in [0, 0.05) is 11.0 Å². The van der Waals surface area contributed by atoms with Crippen LogP contribution in [0, 0.1) is 0 Å². The molecule has 0 fully saturated rings. The number of pyridine rings is 1. The van der Waals surface area contributed by atoms with Gasteiger partial charge in [-0.1, -0.05) is 17.8 Å². The molecule has 0 aliphatic carbocycles. The fourth-order valence-electron chi connectivity index (χ4n) is 2.17. The van der Waals surface area contributed by atoms with Gasteiger partial charge in [0.25, 0.3) is 0 Å². The second kappa shape index (κ2) is 6.71. The highest BCUT2D eigenvalue weighted by Crippen LogP contribution is 2.41. The lowest BCUT2D eigenvalue weighted by molar-refractivity contribution is 0.208. The maximum absolute atomic E-state index is 11.2. The number of hydrogen-bond acceptors (Lipinski definition) is 6. The van der Waals surface area contributed by atoms with Gasteiger partial charge in [0.05, 0.1) is 19.7 Å². The average molecular weight is 345 g/mol. The highest BCUT2D eigenvalue weighted by molar-refractivity contribution is 7.99. The molecule has 0 spiro atoms. The number of fused-ring (bicyclic) bond motifs is 1. The van der Waals surface area contributed by atoms with Crippen LogP contribution in [0.1, 0.15) is 0 Å². The Morgan fingerprint density at radius 1 is 1.21 bits per heavy atom. The zero-order chi connectivity index (χ0) is 17.1. The van der Waals surface area contributed by atoms with E-state index in [1.807, 2.05) is 24.3 Å². The van der Waals surface area contributed by atoms with E-state index in [1.54, 1.807) is 19.2 Å². The number of ether oxygens (including phenoxy) is 3. The third-order valence-corrected chi connectivity index (χ3v) is 4.28. The summed E-state index contributed by atoms with van der Waals surface area (Å²) in [6, 6.07) is 11.0. The standard InChI is InChI=1S/C16H15N3O4S/c1-21-9-4-3-5-10(8-9)24-14-13-11(6-7-12(19-13)22-2)18-15(14)23-16(17)20/h3-8,18H,1-2H3,(H2,17,20). The number of primary amides is 1. The molecule has 0 atom stereocenters. The number of carbonyl (C=O) groups excluding carboxylic acids is 1. The molecule has 0 radical (unpaired) electrons. The smallest absolute Gasteiger partial charge is 0.411 e. The lowest BCUT2D eigenvalue weighted by Gasteiger charge is -2.06. The van der Waals surface area contributed by atoms with Crippen LogP contribution in [0.25, 0.3) is 11.0 Å². The summed E-state index contributed by atoms with van der Waals surface area (Å²) >= 11 is 1.38. The van der Waals surface area contributed by atoms with Crippen molar-refractivity contribution in [3.05, 3.63) is 36.4 Å². The van der Waals surface area contributed by atoms with E-state index in [1.165, 1.54) is 18.9 Å². The van der Waals surface area contributed by atoms with E-state index in [-0.39, 0.29) is 5.88 Å². The number of nitrogens with one attached hydrogen (secondary N) is 1. The number of methoxy groups -OCH3 is 2. The van der Waals surface area contributed by atoms with E-state index in [0.717, 1.165) is 10.6 Å². The van der Waals surface area contributed by atoms with E-state index in [2.05, 4.69) is 9.97 Å². The summed E-state index contributed by atoms with van der Waals surface area (Å²) in [7, 11) is 3.14. The predicted molar refractivity (Wildman–Crippen MR) is 90.0 cm³/mol. The molecule has 1 amide bonds. The van der Waals surface area contributed by atoms with Crippen molar-refractivity contribution in [1.82, 2.24) is 9.97 Å². The zero-order valence-electron chi connectivity index (χ0n) is 13.0. The number of aromatic amines is 1. The van der Waals surface area contributed by atoms with Crippen molar-refractivity contribution in [3.63, 3.8) is 0 Å². The summed E-state index contributed by atoms with van der Waals surface area (Å²) in [5, 5.41) is 0. The minimum absolute atomic E-state index is 0.242. The van der Waals surface area contributed by atoms with Gasteiger partial charge in [-0.05, 0) is 24.3 Å². The quantitative estimate of drug-likeness (QED) is 0.737. The molecular weight excluding hydrogens is 330 g/mol. The maximum atomic E-state index is 11.2. The first kappa shape index (κ1) is 16.0. The Hall–Kier alpha value is -2.87. The molecule has 24 heavy (non-hydrogen) atoms. The lowest BCUT2D eigenvalue weighted by Crippen LogP contribution is -2.16. The first-order valence-corrected chi connectivity index (χ1v) is 7.78. The van der Waals surface area contributed by atoms with Crippen molar-refractivity contribution in [2.24, 2.45) is 5.73 Å². The molecule has 2 heterocycles. The molecule has 0 unspecified atom stereocenters. The van der Waals surface area contributed by atoms with Gasteiger partial charge in [-0.25, -0.2) is 9.78 Å². The van der Waals surface area contributed by atoms with Crippen molar-refractivity contribution < 1.29 is 19.0 Å². The summed E-state index contributed by atoms with van der Waals surface area (Å²) in [4.78, 5) is 20.1. The zero-order valence-corrected chi connectivity index (χ0v) is 13.8. The Morgan fingerprint density at radius 2 is 2.04 bits per heavy atom. The van der Waals surface area contributed by atoms with E-state index < -0.39 is 6.09 Å². The van der Waals surface area contributed by atoms with Crippen molar-refractivity contribution in [3.8, 4) is 17.5 Å². The topological polar surface area (TPSA) is 99.5 Å². The molecule has 0 bridgehead atoms. The normalized spacial score (nSPS) is 10.6. The molecular formula is C16H15N3O4S. The molecule has 8 heteroatoms. The van der Waals surface area contributed by atoms with Gasteiger partial charge in [0.1, 0.15) is 16.2 Å². The molecule has 0 saturated heterocycles. The van der Waals surface area contributed by atoms with Crippen molar-refractivity contribution in [2.45, 2.75) is 9.79 Å². The molecule has 1 aromatic carbocycles. The van der Waals surface area contributed by atoms with Crippen LogP contribution in [0.3, 0.4) is 0 Å². The van der Waals surface area contributed by atoms with Gasteiger partial charge in [0.2, 0.25) is 11.8 Å². The van der Waals surface area contributed by atoms with Gasteiger partial charge in [-0.15, -0.1) is 0 Å². The lowest BCUT2D eigenvalue weighted by atomic mass is 10.3. The van der Waals surface area contributed by atoms with Crippen LogP contribution in [-0.2, 0) is 0 Å². The minimum atomic E-state index is -0.902. The Bertz CT molecular complexity index is 894. The highest BCUT2D eigenvalue weighted by Gasteiger charge is 2.18. The van der Waals surface area contributed by atoms with Crippen LogP contribution >= 0.6 is 11.8 Å². The second-order valence-corrected chi connectivity index (χ2v) is 5.82. The number of nitrogens with two attached hydrogens (primary N) is 1. The first-order chi connectivity index (χ1) is 11.6. The van der Waals surface area contributed by atoms with Crippen LogP contribution in [0.15, 0.2) is 46.2 Å². The van der Waals surface area contributed by atoms with Crippen LogP contribution in [-0.4, -0.2) is 30.3 Å². The largest absolute Gasteiger partial charge is 0.497 e. The van der Waals surface area contributed by atoms with Crippen molar-refractivity contribution in [1.29, 1.82) is 0 Å². The van der Waals surface area contributed by atoms with Gasteiger partial charge >= 0.3 is 6.09 Å². The molecule has 3 rings (SSSR count). The summed E-state index contributed by atoms with van der Waals surface area (Å²) < 4.78 is 15.5. The second-order valence-electron chi connectivity index (χ2n) is 4.74. The molecule has 0 aliphatic heterocycles. The van der Waals surface area contributed by atoms with Gasteiger partial charge in [-0.3, -0.25) is 0 Å². The molecule has 0 aliphatic rings. The van der Waals surface area contributed by atoms with Crippen LogP contribution in [0.2, 0.25) is 0 Å². The van der Waals surface area contributed by atoms with E-state index in [9.17, 15) is 4.79 Å². The SMILES string of the molecule is COc1cccc(Sc2c(OC(N)=O)[nH]c3ccc(OC)nc23)c1. The molecule has 3 N–H and O–H groups in total. The fraction of sp³-hybridized carbons (Fsp3) is 0.125. The van der Waals surface area contributed by atoms with E-state index in [4.69, 9.17) is 19.9 Å². The maximum Gasteiger partial charge on any atom is 0.411 e. The third-order valence-electron chi connectivity index (χ3n) is 3.21. The fourth-order valence-corrected chi connectivity index (χ4v) is 3.16. The summed E-state index contributed by atoms with van der Waals surface area (Å²) in [6.45, 7) is 0. The van der Waals surface area contributed by atoms with E-state index >= 15 is 0 Å². The third kappa shape index (κ3) is 3.23. The Labute approximate surface area is 142 Å². The van der Waals surface area contributed by atoms with Crippen LogP contribution in [0.5, 0.6) is 17.5 Å². The minimum Gasteiger partial charge on any atom is -0.497 e. The summed E-state index contributed by atoms with van der Waals surface area (Å²) in [6.07, 6.45) is -0.902. The number of H-pyrrole nitrogens is 1. The predicted octanol–water partition coefficient (Wildman–Crippen LogP) is 3.19. The van der Waals surface area contributed by atoms with Gasteiger partial charge < -0.3 is 24.9 Å². The first-order valence-electron chi connectivity index (χ1n) is 6.96. The molecule has 2 aromatic heterocycles. The van der Waals surface area contributed by atoms with Crippen molar-refractivity contribution >= 4 is 28.9 Å². The van der Waals surface area contributed by atoms with E-state index in [0.29, 0.717) is 21.8 Å². The summed E-state index contributed by atoms with van der Waals surface area (Å²) in [5.41, 5.74) is 6.48. The average Bonchev–Trinajstić information content (AvgIpc) is 2.91. The van der Waals surface area contributed by atoms with Crippen LogP contribution in [0.4, 0.5) is 4.79 Å². The number of carbonyl (C=O) groups is 1. The summed E-state index contributed by atoms with van der Waals surface area (Å²) in [5.74, 6) is 1.42. The Balaban J connectivity index is 2.09. The van der Waals surface area contributed by atoms with Gasteiger partial charge in [0.15, 0.2) is 0 Å². The Kier molecular flexibility index (Phi) is 4.48. The molecule has 3 aromatic rings. The van der Waals surface area contributed by atoms with Gasteiger partial charge in [-0.2, -0.15) is 0 Å². The van der Waals surface area contributed by atoms with Crippen LogP contribution < -0.4 is 19.9 Å². The monoisotopic (exact) mass is 345 g/mol. The number of rotatable bonds is 5. The molecule has 0 saturated carbocycles. The number of aromatic nitrogens is 2. The number of hydrogen-bond donors (Lipinski definition) is 2. The number of amides is 1. The van der Waals surface area contributed by atoms with Crippen molar-refractivity contribution in [2.75, 3.05) is 14.2 Å². The highest BCUT2D eigenvalue weighted by atomic mass is 32.2. The molecule has 124 valence electrons. The Morgan fingerprint density at radius 3 is 2.75 bits per heavy atom. The molecule has 7 nitrogen and oxygen atoms in total. The number of nitrogens with zero attached hydrogens (tertiary/aromatic N) is 1. The number of benzene rings is 1.